The van der Waals surface area contributed by atoms with Crippen molar-refractivity contribution >= 4 is 22.4 Å². The summed E-state index contributed by atoms with van der Waals surface area (Å²) in [5.74, 6) is 2.76. The summed E-state index contributed by atoms with van der Waals surface area (Å²) in [7, 11) is 0. The van der Waals surface area contributed by atoms with Gasteiger partial charge in [0.1, 0.15) is 0 Å². The normalized spacial score (nSPS) is 31.6. The second-order valence-electron chi connectivity index (χ2n) is 7.87. The van der Waals surface area contributed by atoms with Crippen LogP contribution >= 0.6 is 11.3 Å². The molecule has 1 aliphatic heterocycles. The molecule has 0 radical (unpaired) electrons. The van der Waals surface area contributed by atoms with Crippen molar-refractivity contribution in [2.75, 3.05) is 18.4 Å². The second-order valence-corrected chi connectivity index (χ2v) is 8.73. The summed E-state index contributed by atoms with van der Waals surface area (Å²) in [6, 6.07) is 0. The van der Waals surface area contributed by atoms with E-state index in [0.717, 1.165) is 35.6 Å². The molecule has 4 nitrogen and oxygen atoms in total. The van der Waals surface area contributed by atoms with Crippen LogP contribution in [0.1, 0.15) is 51.1 Å². The molecule has 5 heteroatoms. The van der Waals surface area contributed by atoms with Gasteiger partial charge in [-0.15, -0.1) is 11.3 Å². The quantitative estimate of drug-likeness (QED) is 0.913. The number of likely N-dealkylation sites (tertiary alicyclic amines) is 1. The van der Waals surface area contributed by atoms with E-state index in [1.165, 1.54) is 45.2 Å². The van der Waals surface area contributed by atoms with Crippen molar-refractivity contribution in [3.05, 3.63) is 11.1 Å². The first-order valence-electron chi connectivity index (χ1n) is 9.15. The molecule has 3 atom stereocenters. The molecule has 2 saturated carbocycles. The molecule has 2 bridgehead atoms. The van der Waals surface area contributed by atoms with Crippen molar-refractivity contribution in [3.8, 4) is 0 Å². The molecule has 3 fully saturated rings. The zero-order valence-electron chi connectivity index (χ0n) is 14.0. The number of thiazole rings is 1. The van der Waals surface area contributed by atoms with E-state index in [4.69, 9.17) is 0 Å². The molecular weight excluding hydrogens is 306 g/mol. The molecule has 23 heavy (non-hydrogen) atoms. The second kappa shape index (κ2) is 6.52. The number of carbonyl (C=O) groups is 1. The monoisotopic (exact) mass is 333 g/mol. The van der Waals surface area contributed by atoms with Gasteiger partial charge in [-0.3, -0.25) is 9.69 Å². The fraction of sp³-hybridized carbons (Fsp3) is 0.778. The maximum absolute atomic E-state index is 12.5. The van der Waals surface area contributed by atoms with Crippen LogP contribution in [0.25, 0.3) is 0 Å². The van der Waals surface area contributed by atoms with Crippen molar-refractivity contribution in [2.24, 2.45) is 23.7 Å². The predicted molar refractivity (Wildman–Crippen MR) is 93.4 cm³/mol. The van der Waals surface area contributed by atoms with E-state index in [0.29, 0.717) is 5.92 Å². The molecule has 1 N–H and O–H groups in total. The number of hydrogen-bond acceptors (Lipinski definition) is 4. The molecule has 1 amide bonds. The van der Waals surface area contributed by atoms with Gasteiger partial charge in [0.2, 0.25) is 5.91 Å². The van der Waals surface area contributed by atoms with Crippen LogP contribution in [0.15, 0.2) is 5.38 Å². The van der Waals surface area contributed by atoms with E-state index in [-0.39, 0.29) is 11.8 Å². The maximum atomic E-state index is 12.5. The minimum absolute atomic E-state index is 0.213. The van der Waals surface area contributed by atoms with Crippen LogP contribution in [0.4, 0.5) is 5.13 Å². The lowest BCUT2D eigenvalue weighted by Crippen LogP contribution is -2.32. The van der Waals surface area contributed by atoms with Crippen LogP contribution in [0, 0.1) is 23.7 Å². The van der Waals surface area contributed by atoms with Gasteiger partial charge in [-0.2, -0.15) is 0 Å². The zero-order chi connectivity index (χ0) is 15.8. The van der Waals surface area contributed by atoms with Crippen molar-refractivity contribution in [2.45, 2.75) is 52.0 Å². The Labute approximate surface area is 142 Å². The Hall–Kier alpha value is -0.940. The van der Waals surface area contributed by atoms with Crippen molar-refractivity contribution in [3.63, 3.8) is 0 Å². The highest BCUT2D eigenvalue weighted by molar-refractivity contribution is 7.13. The lowest BCUT2D eigenvalue weighted by atomic mass is 9.88. The van der Waals surface area contributed by atoms with Crippen molar-refractivity contribution in [1.82, 2.24) is 9.88 Å². The Kier molecular flexibility index (Phi) is 4.41. The minimum atomic E-state index is 0.213. The van der Waals surface area contributed by atoms with Gasteiger partial charge in [0.05, 0.1) is 5.69 Å². The third kappa shape index (κ3) is 3.45. The number of carbonyl (C=O) groups excluding carboxylic acids is 1. The van der Waals surface area contributed by atoms with Gasteiger partial charge in [-0.25, -0.2) is 4.98 Å². The summed E-state index contributed by atoms with van der Waals surface area (Å²) < 4.78 is 0. The van der Waals surface area contributed by atoms with E-state index >= 15 is 0 Å². The molecule has 1 saturated heterocycles. The van der Waals surface area contributed by atoms with Gasteiger partial charge >= 0.3 is 0 Å². The van der Waals surface area contributed by atoms with Gasteiger partial charge in [0.15, 0.2) is 5.13 Å². The van der Waals surface area contributed by atoms with E-state index in [9.17, 15) is 4.79 Å². The number of aromatic nitrogens is 1. The van der Waals surface area contributed by atoms with E-state index in [1.807, 2.05) is 0 Å². The molecule has 2 aliphatic carbocycles. The predicted octanol–water partition coefficient (Wildman–Crippen LogP) is 3.75. The third-order valence-electron chi connectivity index (χ3n) is 6.12. The summed E-state index contributed by atoms with van der Waals surface area (Å²) in [5.41, 5.74) is 1.10. The van der Waals surface area contributed by atoms with Gasteiger partial charge in [-0.1, -0.05) is 13.3 Å². The molecule has 4 rings (SSSR count). The number of fused-ring (bicyclic) bond motifs is 2. The summed E-state index contributed by atoms with van der Waals surface area (Å²) in [5, 5.41) is 5.98. The van der Waals surface area contributed by atoms with Gasteiger partial charge < -0.3 is 5.32 Å². The SMILES string of the molecule is CC1CCN(Cc2csc(NC(=O)C3CC4CCC3C4)n2)CC1. The van der Waals surface area contributed by atoms with Gasteiger partial charge in [0, 0.05) is 17.8 Å². The van der Waals surface area contributed by atoms with E-state index in [1.54, 1.807) is 11.3 Å². The smallest absolute Gasteiger partial charge is 0.229 e. The Bertz CT molecular complexity index is 564. The Morgan fingerprint density at radius 2 is 2.13 bits per heavy atom. The maximum Gasteiger partial charge on any atom is 0.229 e. The number of amides is 1. The van der Waals surface area contributed by atoms with Crippen LogP contribution in [0.3, 0.4) is 0 Å². The van der Waals surface area contributed by atoms with Crippen molar-refractivity contribution < 1.29 is 4.79 Å². The first kappa shape index (κ1) is 15.6. The lowest BCUT2D eigenvalue weighted by Gasteiger charge is -2.29. The van der Waals surface area contributed by atoms with Crippen LogP contribution in [0.5, 0.6) is 0 Å². The highest BCUT2D eigenvalue weighted by atomic mass is 32.1. The lowest BCUT2D eigenvalue weighted by molar-refractivity contribution is -0.121. The molecule has 3 aliphatic rings. The Morgan fingerprint density at radius 3 is 2.83 bits per heavy atom. The molecule has 1 aromatic heterocycles. The number of hydrogen-bond donors (Lipinski definition) is 1. The number of anilines is 1. The molecule has 0 aromatic carbocycles. The summed E-state index contributed by atoms with van der Waals surface area (Å²) in [6.45, 7) is 5.60. The Balaban J connectivity index is 1.30. The summed E-state index contributed by atoms with van der Waals surface area (Å²) in [6.07, 6.45) is 7.54. The van der Waals surface area contributed by atoms with Crippen LogP contribution in [-0.4, -0.2) is 28.9 Å². The van der Waals surface area contributed by atoms with Crippen molar-refractivity contribution in [1.29, 1.82) is 0 Å². The van der Waals surface area contributed by atoms with E-state index in [2.05, 4.69) is 27.5 Å². The first-order valence-corrected chi connectivity index (χ1v) is 10.0. The van der Waals surface area contributed by atoms with Crippen LogP contribution in [-0.2, 0) is 11.3 Å². The average Bonchev–Trinajstić information content (AvgIpc) is 3.26. The fourth-order valence-corrected chi connectivity index (χ4v) is 5.35. The summed E-state index contributed by atoms with van der Waals surface area (Å²) in [4.78, 5) is 19.6. The molecule has 126 valence electrons. The molecule has 2 heterocycles. The minimum Gasteiger partial charge on any atom is -0.302 e. The Morgan fingerprint density at radius 1 is 1.30 bits per heavy atom. The highest BCUT2D eigenvalue weighted by Crippen LogP contribution is 2.48. The average molecular weight is 334 g/mol. The standard InChI is InChI=1S/C18H27N3OS/c1-12-4-6-21(7-5-12)10-15-11-23-18(19-15)20-17(22)16-9-13-2-3-14(16)8-13/h11-14,16H,2-10H2,1H3,(H,19,20,22). The van der Waals surface area contributed by atoms with Gasteiger partial charge in [-0.05, 0) is 62.9 Å². The first-order chi connectivity index (χ1) is 11.2. The molecule has 0 spiro atoms. The zero-order valence-corrected chi connectivity index (χ0v) is 14.8. The van der Waals surface area contributed by atoms with Crippen LogP contribution in [0.2, 0.25) is 0 Å². The number of piperidine rings is 1. The number of rotatable bonds is 4. The summed E-state index contributed by atoms with van der Waals surface area (Å²) >= 11 is 1.58. The van der Waals surface area contributed by atoms with Gasteiger partial charge in [0.25, 0.3) is 0 Å². The third-order valence-corrected chi connectivity index (χ3v) is 6.93. The highest BCUT2D eigenvalue weighted by Gasteiger charge is 2.43. The number of nitrogens with zero attached hydrogens (tertiary/aromatic N) is 2. The topological polar surface area (TPSA) is 45.2 Å². The van der Waals surface area contributed by atoms with Crippen LogP contribution < -0.4 is 5.32 Å². The molecular formula is C18H27N3OS. The number of nitrogens with one attached hydrogen (secondary N) is 1. The van der Waals surface area contributed by atoms with E-state index < -0.39 is 0 Å². The fourth-order valence-electron chi connectivity index (χ4n) is 4.65. The molecule has 3 unspecified atom stereocenters. The largest absolute Gasteiger partial charge is 0.302 e. The molecule has 1 aromatic rings.